The highest BCUT2D eigenvalue weighted by Crippen LogP contribution is 2.21. The van der Waals surface area contributed by atoms with Crippen molar-refractivity contribution in [2.45, 2.75) is 20.4 Å². The van der Waals surface area contributed by atoms with Crippen LogP contribution in [0.4, 0.5) is 5.69 Å². The molecular formula is C15H18N2O. The number of aromatic hydroxyl groups is 1. The number of benzene rings is 1. The number of anilines is 1. The number of para-hydroxylation sites is 1. The molecule has 2 rings (SSSR count). The third-order valence-electron chi connectivity index (χ3n) is 3.00. The zero-order valence-electron chi connectivity index (χ0n) is 10.8. The summed E-state index contributed by atoms with van der Waals surface area (Å²) < 4.78 is 0. The van der Waals surface area contributed by atoms with E-state index in [0.29, 0.717) is 0 Å². The molecule has 0 fully saturated rings. The molecule has 2 aromatic rings. The molecule has 0 bridgehead atoms. The Kier molecular flexibility index (Phi) is 3.82. The molecule has 0 aliphatic carbocycles. The van der Waals surface area contributed by atoms with Crippen LogP contribution in [0.2, 0.25) is 0 Å². The third-order valence-corrected chi connectivity index (χ3v) is 3.00. The van der Waals surface area contributed by atoms with Gasteiger partial charge < -0.3 is 10.0 Å². The van der Waals surface area contributed by atoms with E-state index in [1.165, 1.54) is 17.4 Å². The predicted octanol–water partition coefficient (Wildman–Crippen LogP) is 3.12. The van der Waals surface area contributed by atoms with E-state index in [2.05, 4.69) is 41.9 Å². The summed E-state index contributed by atoms with van der Waals surface area (Å²) in [5.41, 5.74) is 3.45. The van der Waals surface area contributed by atoms with Crippen LogP contribution < -0.4 is 4.90 Å². The monoisotopic (exact) mass is 242 g/mol. The van der Waals surface area contributed by atoms with Crippen LogP contribution in [0.25, 0.3) is 0 Å². The molecule has 0 saturated heterocycles. The van der Waals surface area contributed by atoms with Crippen molar-refractivity contribution in [3.05, 3.63) is 53.9 Å². The number of rotatable bonds is 4. The van der Waals surface area contributed by atoms with Crippen molar-refractivity contribution in [2.24, 2.45) is 0 Å². The Morgan fingerprint density at radius 3 is 2.56 bits per heavy atom. The molecule has 0 saturated carbocycles. The Labute approximate surface area is 108 Å². The smallest absolute Gasteiger partial charge is 0.133 e. The summed E-state index contributed by atoms with van der Waals surface area (Å²) in [4.78, 5) is 6.50. The molecule has 3 heteroatoms. The molecule has 94 valence electrons. The summed E-state index contributed by atoms with van der Waals surface area (Å²) in [5.74, 6) is 0.206. The van der Waals surface area contributed by atoms with Crippen molar-refractivity contribution >= 4 is 5.69 Å². The van der Waals surface area contributed by atoms with Crippen LogP contribution in [0.3, 0.4) is 0 Å². The molecule has 18 heavy (non-hydrogen) atoms. The number of pyridine rings is 1. The molecule has 0 amide bonds. The first-order valence-electron chi connectivity index (χ1n) is 6.15. The maximum Gasteiger partial charge on any atom is 0.133 e. The van der Waals surface area contributed by atoms with Crippen LogP contribution in [-0.2, 0) is 6.54 Å². The Morgan fingerprint density at radius 1 is 1.17 bits per heavy atom. The number of aromatic nitrogens is 1. The van der Waals surface area contributed by atoms with Crippen LogP contribution in [0.15, 0.2) is 42.6 Å². The van der Waals surface area contributed by atoms with E-state index in [-0.39, 0.29) is 5.75 Å². The Morgan fingerprint density at radius 2 is 1.94 bits per heavy atom. The van der Waals surface area contributed by atoms with E-state index in [1.54, 1.807) is 6.07 Å². The van der Waals surface area contributed by atoms with Crippen molar-refractivity contribution < 1.29 is 5.11 Å². The summed E-state index contributed by atoms with van der Waals surface area (Å²) in [6, 6.07) is 11.9. The third kappa shape index (κ3) is 2.80. The maximum absolute atomic E-state index is 9.23. The number of hydrogen-bond acceptors (Lipinski definition) is 3. The quantitative estimate of drug-likeness (QED) is 0.895. The minimum atomic E-state index is 0.206. The Bertz CT molecular complexity index is 508. The molecule has 3 nitrogen and oxygen atoms in total. The lowest BCUT2D eigenvalue weighted by Crippen LogP contribution is -2.23. The summed E-state index contributed by atoms with van der Waals surface area (Å²) in [6.45, 7) is 5.92. The van der Waals surface area contributed by atoms with E-state index in [4.69, 9.17) is 0 Å². The second kappa shape index (κ2) is 5.54. The summed E-state index contributed by atoms with van der Waals surface area (Å²) in [6.07, 6.45) is 1.49. The lowest BCUT2D eigenvalue weighted by Gasteiger charge is -2.24. The van der Waals surface area contributed by atoms with Crippen molar-refractivity contribution in [3.8, 4) is 5.75 Å². The molecule has 1 aromatic heterocycles. The average molecular weight is 242 g/mol. The lowest BCUT2D eigenvalue weighted by molar-refractivity contribution is 0.472. The molecule has 1 aromatic carbocycles. The minimum Gasteiger partial charge on any atom is -0.506 e. The van der Waals surface area contributed by atoms with Gasteiger partial charge in [0.15, 0.2) is 0 Å². The SMILES string of the molecule is CCN(Cc1ccc(O)cn1)c1ccccc1C. The van der Waals surface area contributed by atoms with Gasteiger partial charge in [0.05, 0.1) is 18.4 Å². The van der Waals surface area contributed by atoms with Gasteiger partial charge in [0.2, 0.25) is 0 Å². The van der Waals surface area contributed by atoms with Crippen LogP contribution in [-0.4, -0.2) is 16.6 Å². The number of nitrogens with zero attached hydrogens (tertiary/aromatic N) is 2. The van der Waals surface area contributed by atoms with Gasteiger partial charge in [-0.2, -0.15) is 0 Å². The first-order chi connectivity index (χ1) is 8.70. The molecule has 0 aliphatic heterocycles. The molecule has 1 N–H and O–H groups in total. The largest absolute Gasteiger partial charge is 0.506 e. The van der Waals surface area contributed by atoms with E-state index in [1.807, 2.05) is 12.1 Å². The highest BCUT2D eigenvalue weighted by molar-refractivity contribution is 5.53. The second-order valence-corrected chi connectivity index (χ2v) is 4.31. The van der Waals surface area contributed by atoms with E-state index < -0.39 is 0 Å². The first-order valence-corrected chi connectivity index (χ1v) is 6.15. The van der Waals surface area contributed by atoms with Gasteiger partial charge in [-0.1, -0.05) is 18.2 Å². The molecule has 1 heterocycles. The molecule has 0 spiro atoms. The fourth-order valence-corrected chi connectivity index (χ4v) is 1.99. The van der Waals surface area contributed by atoms with Crippen molar-refractivity contribution in [1.82, 2.24) is 4.98 Å². The summed E-state index contributed by atoms with van der Waals surface area (Å²) in [7, 11) is 0. The summed E-state index contributed by atoms with van der Waals surface area (Å²) in [5, 5.41) is 9.23. The molecule has 0 radical (unpaired) electrons. The highest BCUT2D eigenvalue weighted by Gasteiger charge is 2.08. The lowest BCUT2D eigenvalue weighted by atomic mass is 10.1. The number of aryl methyl sites for hydroxylation is 1. The second-order valence-electron chi connectivity index (χ2n) is 4.31. The first kappa shape index (κ1) is 12.4. The van der Waals surface area contributed by atoms with Gasteiger partial charge >= 0.3 is 0 Å². The van der Waals surface area contributed by atoms with E-state index in [9.17, 15) is 5.11 Å². The summed E-state index contributed by atoms with van der Waals surface area (Å²) >= 11 is 0. The molecule has 0 atom stereocenters. The van der Waals surface area contributed by atoms with E-state index in [0.717, 1.165) is 18.8 Å². The molecule has 0 unspecified atom stereocenters. The van der Waals surface area contributed by atoms with Gasteiger partial charge in [-0.05, 0) is 37.6 Å². The Balaban J connectivity index is 2.20. The molecular weight excluding hydrogens is 224 g/mol. The minimum absolute atomic E-state index is 0.206. The molecule has 0 aliphatic rings. The van der Waals surface area contributed by atoms with Crippen LogP contribution in [0.5, 0.6) is 5.75 Å². The van der Waals surface area contributed by atoms with Gasteiger partial charge in [-0.25, -0.2) is 0 Å². The average Bonchev–Trinajstić information content (AvgIpc) is 2.39. The fourth-order valence-electron chi connectivity index (χ4n) is 1.99. The van der Waals surface area contributed by atoms with E-state index >= 15 is 0 Å². The normalized spacial score (nSPS) is 10.3. The predicted molar refractivity (Wildman–Crippen MR) is 73.8 cm³/mol. The topological polar surface area (TPSA) is 36.4 Å². The number of hydrogen-bond donors (Lipinski definition) is 1. The van der Waals surface area contributed by atoms with Gasteiger partial charge in [-0.15, -0.1) is 0 Å². The van der Waals surface area contributed by atoms with Crippen molar-refractivity contribution in [1.29, 1.82) is 0 Å². The Hall–Kier alpha value is -2.03. The zero-order valence-corrected chi connectivity index (χ0v) is 10.8. The van der Waals surface area contributed by atoms with Crippen LogP contribution in [0.1, 0.15) is 18.2 Å². The zero-order chi connectivity index (χ0) is 13.0. The van der Waals surface area contributed by atoms with Gasteiger partial charge in [0, 0.05) is 12.2 Å². The standard InChI is InChI=1S/C15H18N2O/c1-3-17(15-7-5-4-6-12(15)2)11-13-8-9-14(18)10-16-13/h4-10,18H,3,11H2,1-2H3. The van der Waals surface area contributed by atoms with Crippen molar-refractivity contribution in [2.75, 3.05) is 11.4 Å². The fraction of sp³-hybridized carbons (Fsp3) is 0.267. The van der Waals surface area contributed by atoms with Crippen molar-refractivity contribution in [3.63, 3.8) is 0 Å². The van der Waals surface area contributed by atoms with Gasteiger partial charge in [-0.3, -0.25) is 4.98 Å². The maximum atomic E-state index is 9.23. The van der Waals surface area contributed by atoms with Gasteiger partial charge in [0.1, 0.15) is 5.75 Å². The van der Waals surface area contributed by atoms with Gasteiger partial charge in [0.25, 0.3) is 0 Å². The highest BCUT2D eigenvalue weighted by atomic mass is 16.3. The van der Waals surface area contributed by atoms with Crippen LogP contribution >= 0.6 is 0 Å². The van der Waals surface area contributed by atoms with Crippen LogP contribution in [0, 0.1) is 6.92 Å².